The van der Waals surface area contributed by atoms with Gasteiger partial charge in [-0.25, -0.2) is 0 Å². The highest BCUT2D eigenvalue weighted by molar-refractivity contribution is 6.30. The van der Waals surface area contributed by atoms with E-state index in [9.17, 15) is 4.79 Å². The van der Waals surface area contributed by atoms with Crippen molar-refractivity contribution in [1.29, 1.82) is 0 Å². The van der Waals surface area contributed by atoms with Crippen LogP contribution in [0, 0.1) is 0 Å². The lowest BCUT2D eigenvalue weighted by Gasteiger charge is -2.02. The maximum Gasteiger partial charge on any atom is 0.308 e. The van der Waals surface area contributed by atoms with Gasteiger partial charge in [-0.05, 0) is 12.1 Å². The lowest BCUT2D eigenvalue weighted by Crippen LogP contribution is -2.03. The number of aliphatic carboxylic acids is 1. The smallest absolute Gasteiger partial charge is 0.308 e. The molecule has 17 heavy (non-hydrogen) atoms. The maximum atomic E-state index is 10.7. The zero-order valence-electron chi connectivity index (χ0n) is 8.77. The van der Waals surface area contributed by atoms with Gasteiger partial charge in [0.1, 0.15) is 5.82 Å². The minimum absolute atomic E-state index is 0.166. The van der Waals surface area contributed by atoms with Crippen molar-refractivity contribution in [2.45, 2.75) is 6.42 Å². The second kappa shape index (κ2) is 4.47. The maximum absolute atomic E-state index is 10.7. The predicted octanol–water partition coefficient (Wildman–Crippen LogP) is 1.94. The molecule has 0 aliphatic carbocycles. The molecule has 6 heteroatoms. The summed E-state index contributed by atoms with van der Waals surface area (Å²) >= 11 is 5.78. The Bertz CT molecular complexity index is 548. The third-order valence-corrected chi connectivity index (χ3v) is 2.61. The molecule has 0 saturated carbocycles. The zero-order chi connectivity index (χ0) is 12.4. The fourth-order valence-electron chi connectivity index (χ4n) is 1.56. The summed E-state index contributed by atoms with van der Waals surface area (Å²) in [6.07, 6.45) is -0.166. The van der Waals surface area contributed by atoms with E-state index < -0.39 is 5.97 Å². The quantitative estimate of drug-likeness (QED) is 0.777. The number of benzene rings is 1. The molecule has 0 unspecified atom stereocenters. The summed E-state index contributed by atoms with van der Waals surface area (Å²) in [5, 5.41) is 16.0. The predicted molar refractivity (Wildman–Crippen MR) is 64.8 cm³/mol. The zero-order valence-corrected chi connectivity index (χ0v) is 9.53. The standard InChI is InChI=1S/C11H10ClN3O2/c12-7-3-1-6(2-4-7)10-8(5-9(16)17)11(13)15-14-10/h1-4H,5H2,(H,16,17)(H3,13,14,15). The van der Waals surface area contributed by atoms with E-state index >= 15 is 0 Å². The van der Waals surface area contributed by atoms with Crippen LogP contribution in [0.1, 0.15) is 5.56 Å². The van der Waals surface area contributed by atoms with Gasteiger partial charge in [-0.3, -0.25) is 9.89 Å². The van der Waals surface area contributed by atoms with Gasteiger partial charge in [0.15, 0.2) is 0 Å². The van der Waals surface area contributed by atoms with Crippen LogP contribution in [0.15, 0.2) is 24.3 Å². The molecule has 0 bridgehead atoms. The number of carboxylic acid groups (broad SMARTS) is 1. The number of aromatic nitrogens is 2. The monoisotopic (exact) mass is 251 g/mol. The van der Waals surface area contributed by atoms with Crippen molar-refractivity contribution < 1.29 is 9.90 Å². The van der Waals surface area contributed by atoms with Crippen molar-refractivity contribution >= 4 is 23.4 Å². The van der Waals surface area contributed by atoms with Crippen LogP contribution >= 0.6 is 11.6 Å². The Morgan fingerprint density at radius 2 is 2.06 bits per heavy atom. The minimum Gasteiger partial charge on any atom is -0.481 e. The second-order valence-electron chi connectivity index (χ2n) is 3.54. The molecule has 4 N–H and O–H groups in total. The molecule has 2 aromatic rings. The van der Waals surface area contributed by atoms with Crippen molar-refractivity contribution in [1.82, 2.24) is 10.2 Å². The average molecular weight is 252 g/mol. The number of nitrogens with zero attached hydrogens (tertiary/aromatic N) is 1. The summed E-state index contributed by atoms with van der Waals surface area (Å²) in [6.45, 7) is 0. The van der Waals surface area contributed by atoms with Crippen LogP contribution in [0.4, 0.5) is 5.82 Å². The van der Waals surface area contributed by atoms with Gasteiger partial charge < -0.3 is 10.8 Å². The fraction of sp³-hybridized carbons (Fsp3) is 0.0909. The highest BCUT2D eigenvalue weighted by Gasteiger charge is 2.15. The van der Waals surface area contributed by atoms with E-state index in [-0.39, 0.29) is 12.2 Å². The molecular formula is C11H10ClN3O2. The number of nitrogens with one attached hydrogen (secondary N) is 1. The normalized spacial score (nSPS) is 10.4. The molecule has 0 saturated heterocycles. The first kappa shape index (κ1) is 11.5. The van der Waals surface area contributed by atoms with E-state index in [0.29, 0.717) is 16.3 Å². The number of H-pyrrole nitrogens is 1. The molecular weight excluding hydrogens is 242 g/mol. The third-order valence-electron chi connectivity index (χ3n) is 2.36. The summed E-state index contributed by atoms with van der Waals surface area (Å²) in [7, 11) is 0. The Hall–Kier alpha value is -2.01. The number of nitrogen functional groups attached to an aromatic ring is 1. The van der Waals surface area contributed by atoms with E-state index in [2.05, 4.69) is 10.2 Å². The summed E-state index contributed by atoms with van der Waals surface area (Å²) in [5.41, 5.74) is 7.52. The molecule has 2 rings (SSSR count). The van der Waals surface area contributed by atoms with Gasteiger partial charge >= 0.3 is 5.97 Å². The van der Waals surface area contributed by atoms with Crippen LogP contribution in [0.25, 0.3) is 11.3 Å². The number of hydrogen-bond donors (Lipinski definition) is 3. The van der Waals surface area contributed by atoms with Crippen LogP contribution in [0.3, 0.4) is 0 Å². The van der Waals surface area contributed by atoms with Gasteiger partial charge in [-0.15, -0.1) is 0 Å². The first-order chi connectivity index (χ1) is 8.08. The van der Waals surface area contributed by atoms with Crippen molar-refractivity contribution in [2.75, 3.05) is 5.73 Å². The van der Waals surface area contributed by atoms with Gasteiger partial charge in [0, 0.05) is 16.1 Å². The minimum atomic E-state index is -0.951. The van der Waals surface area contributed by atoms with E-state index in [0.717, 1.165) is 5.56 Å². The molecule has 0 aliphatic heterocycles. The van der Waals surface area contributed by atoms with Crippen LogP contribution in [-0.4, -0.2) is 21.3 Å². The summed E-state index contributed by atoms with van der Waals surface area (Å²) in [6, 6.07) is 7.00. The summed E-state index contributed by atoms with van der Waals surface area (Å²) in [5.74, 6) is -0.745. The Kier molecular flexibility index (Phi) is 3.01. The van der Waals surface area contributed by atoms with E-state index in [1.165, 1.54) is 0 Å². The SMILES string of the molecule is Nc1n[nH]c(-c2ccc(Cl)cc2)c1CC(=O)O. The van der Waals surface area contributed by atoms with Crippen LogP contribution in [0.2, 0.25) is 5.02 Å². The molecule has 0 aliphatic rings. The number of hydrogen-bond acceptors (Lipinski definition) is 3. The van der Waals surface area contributed by atoms with Crippen LogP contribution in [0.5, 0.6) is 0 Å². The third kappa shape index (κ3) is 2.39. The van der Waals surface area contributed by atoms with Gasteiger partial charge in [0.2, 0.25) is 0 Å². The van der Waals surface area contributed by atoms with Gasteiger partial charge in [-0.1, -0.05) is 23.7 Å². The lowest BCUT2D eigenvalue weighted by atomic mass is 10.1. The Balaban J connectivity index is 2.45. The average Bonchev–Trinajstić information content (AvgIpc) is 2.61. The van der Waals surface area contributed by atoms with Crippen molar-refractivity contribution in [2.24, 2.45) is 0 Å². The molecule has 0 amide bonds. The molecule has 0 fully saturated rings. The number of carbonyl (C=O) groups is 1. The largest absolute Gasteiger partial charge is 0.481 e. The van der Waals surface area contributed by atoms with Crippen molar-refractivity contribution in [3.63, 3.8) is 0 Å². The Labute approximate surface area is 102 Å². The van der Waals surface area contributed by atoms with Crippen molar-refractivity contribution in [3.05, 3.63) is 34.9 Å². The lowest BCUT2D eigenvalue weighted by molar-refractivity contribution is -0.136. The molecule has 5 nitrogen and oxygen atoms in total. The van der Waals surface area contributed by atoms with Gasteiger partial charge in [-0.2, -0.15) is 5.10 Å². The van der Waals surface area contributed by atoms with E-state index in [1.807, 2.05) is 0 Å². The number of carboxylic acids is 1. The second-order valence-corrected chi connectivity index (χ2v) is 3.98. The van der Waals surface area contributed by atoms with E-state index in [4.69, 9.17) is 22.4 Å². The first-order valence-electron chi connectivity index (χ1n) is 4.88. The molecule has 0 radical (unpaired) electrons. The molecule has 1 aromatic heterocycles. The van der Waals surface area contributed by atoms with Crippen LogP contribution < -0.4 is 5.73 Å². The van der Waals surface area contributed by atoms with Crippen LogP contribution in [-0.2, 0) is 11.2 Å². The van der Waals surface area contributed by atoms with Gasteiger partial charge in [0.25, 0.3) is 0 Å². The van der Waals surface area contributed by atoms with Crippen molar-refractivity contribution in [3.8, 4) is 11.3 Å². The number of rotatable bonds is 3. The molecule has 0 spiro atoms. The number of anilines is 1. The molecule has 0 atom stereocenters. The summed E-state index contributed by atoms with van der Waals surface area (Å²) < 4.78 is 0. The first-order valence-corrected chi connectivity index (χ1v) is 5.26. The molecule has 88 valence electrons. The number of aromatic amines is 1. The summed E-state index contributed by atoms with van der Waals surface area (Å²) in [4.78, 5) is 10.7. The molecule has 1 heterocycles. The molecule has 1 aromatic carbocycles. The number of nitrogens with two attached hydrogens (primary N) is 1. The topological polar surface area (TPSA) is 92.0 Å². The fourth-order valence-corrected chi connectivity index (χ4v) is 1.69. The Morgan fingerprint density at radius 1 is 1.41 bits per heavy atom. The highest BCUT2D eigenvalue weighted by atomic mass is 35.5. The Morgan fingerprint density at radius 3 is 2.65 bits per heavy atom. The van der Waals surface area contributed by atoms with E-state index in [1.54, 1.807) is 24.3 Å². The van der Waals surface area contributed by atoms with Gasteiger partial charge in [0.05, 0.1) is 12.1 Å². The number of halogens is 1. The highest BCUT2D eigenvalue weighted by Crippen LogP contribution is 2.26.